The topological polar surface area (TPSA) is 12.9 Å². The minimum absolute atomic E-state index is 0.265. The molecule has 1 nitrogen and oxygen atoms in total. The van der Waals surface area contributed by atoms with Crippen LogP contribution in [0.5, 0.6) is 0 Å². The molecule has 1 heteroatoms. The van der Waals surface area contributed by atoms with Crippen LogP contribution in [0.3, 0.4) is 0 Å². The Bertz CT molecular complexity index is 326. The maximum atomic E-state index is 4.55. The molecule has 0 atom stereocenters. The van der Waals surface area contributed by atoms with E-state index >= 15 is 0 Å². The molecular formula is C14H23N. The summed E-state index contributed by atoms with van der Waals surface area (Å²) in [5.74, 6) is 0. The fourth-order valence-electron chi connectivity index (χ4n) is 2.16. The number of hydrogen-bond acceptors (Lipinski definition) is 1. The van der Waals surface area contributed by atoms with Crippen LogP contribution in [-0.4, -0.2) is 4.98 Å². The summed E-state index contributed by atoms with van der Waals surface area (Å²) in [7, 11) is 0. The summed E-state index contributed by atoms with van der Waals surface area (Å²) in [4.78, 5) is 4.55. The van der Waals surface area contributed by atoms with Crippen LogP contribution in [0, 0.1) is 13.8 Å². The van der Waals surface area contributed by atoms with Gasteiger partial charge in [0, 0.05) is 11.4 Å². The molecule has 0 saturated heterocycles. The Labute approximate surface area is 93.9 Å². The monoisotopic (exact) mass is 205 g/mol. The molecular weight excluding hydrogens is 182 g/mol. The second kappa shape index (κ2) is 4.78. The van der Waals surface area contributed by atoms with E-state index in [0.717, 1.165) is 5.69 Å². The van der Waals surface area contributed by atoms with Crippen LogP contribution in [0.15, 0.2) is 12.1 Å². The zero-order valence-corrected chi connectivity index (χ0v) is 10.7. The van der Waals surface area contributed by atoms with E-state index in [2.05, 4.69) is 51.7 Å². The quantitative estimate of drug-likeness (QED) is 0.719. The third kappa shape index (κ3) is 3.05. The molecule has 84 valence electrons. The smallest absolute Gasteiger partial charge is 0.0413 e. The Morgan fingerprint density at radius 2 is 1.87 bits per heavy atom. The molecule has 1 rings (SSSR count). The summed E-state index contributed by atoms with van der Waals surface area (Å²) in [6.07, 6.45) is 3.80. The molecule has 0 aliphatic rings. The summed E-state index contributed by atoms with van der Waals surface area (Å²) >= 11 is 0. The molecule has 0 unspecified atom stereocenters. The van der Waals surface area contributed by atoms with Gasteiger partial charge < -0.3 is 0 Å². The van der Waals surface area contributed by atoms with Crippen molar-refractivity contribution in [2.75, 3.05) is 0 Å². The maximum absolute atomic E-state index is 4.55. The molecule has 0 N–H and O–H groups in total. The van der Waals surface area contributed by atoms with Crippen molar-refractivity contribution in [2.45, 2.75) is 59.3 Å². The first-order valence-electron chi connectivity index (χ1n) is 5.92. The van der Waals surface area contributed by atoms with Gasteiger partial charge in [0.05, 0.1) is 0 Å². The van der Waals surface area contributed by atoms with Crippen LogP contribution < -0.4 is 0 Å². The van der Waals surface area contributed by atoms with E-state index in [1.807, 2.05) is 0 Å². The highest BCUT2D eigenvalue weighted by Gasteiger charge is 2.22. The van der Waals surface area contributed by atoms with Crippen LogP contribution in [0.4, 0.5) is 0 Å². The highest BCUT2D eigenvalue weighted by molar-refractivity contribution is 5.28. The van der Waals surface area contributed by atoms with Gasteiger partial charge in [-0.05, 0) is 37.3 Å². The molecule has 0 aliphatic carbocycles. The molecule has 0 bridgehead atoms. The predicted octanol–water partition coefficient (Wildman–Crippen LogP) is 4.17. The Balaban J connectivity index is 2.93. The predicted molar refractivity (Wildman–Crippen MR) is 66.3 cm³/mol. The lowest BCUT2D eigenvalue weighted by atomic mass is 9.79. The van der Waals surface area contributed by atoms with E-state index in [1.165, 1.54) is 30.5 Å². The number of aryl methyl sites for hydroxylation is 2. The molecule has 0 fully saturated rings. The highest BCUT2D eigenvalue weighted by Crippen LogP contribution is 2.30. The van der Waals surface area contributed by atoms with E-state index in [0.29, 0.717) is 0 Å². The Morgan fingerprint density at radius 3 is 2.40 bits per heavy atom. The first-order valence-corrected chi connectivity index (χ1v) is 5.92. The molecule has 0 spiro atoms. The van der Waals surface area contributed by atoms with Crippen LogP contribution in [0.25, 0.3) is 0 Å². The normalized spacial score (nSPS) is 11.8. The zero-order chi connectivity index (χ0) is 11.5. The lowest BCUT2D eigenvalue weighted by Gasteiger charge is -2.26. The standard InChI is InChI=1S/C14H23N/c1-6-7-10-14(4,5)13-9-8-11(2)15-12(13)3/h8-9H,6-7,10H2,1-5H3. The first-order chi connectivity index (χ1) is 6.97. The first kappa shape index (κ1) is 12.2. The Kier molecular flexibility index (Phi) is 3.90. The van der Waals surface area contributed by atoms with Gasteiger partial charge in [-0.25, -0.2) is 0 Å². The minimum Gasteiger partial charge on any atom is -0.258 e. The van der Waals surface area contributed by atoms with E-state index in [-0.39, 0.29) is 5.41 Å². The second-order valence-corrected chi connectivity index (χ2v) is 5.07. The SMILES string of the molecule is CCCCC(C)(C)c1ccc(C)nc1C. The van der Waals surface area contributed by atoms with Crippen molar-refractivity contribution in [2.24, 2.45) is 0 Å². The van der Waals surface area contributed by atoms with Crippen molar-refractivity contribution in [3.05, 3.63) is 29.1 Å². The van der Waals surface area contributed by atoms with Gasteiger partial charge in [-0.3, -0.25) is 4.98 Å². The average Bonchev–Trinajstić information content (AvgIpc) is 2.14. The van der Waals surface area contributed by atoms with Gasteiger partial charge in [-0.1, -0.05) is 39.7 Å². The fraction of sp³-hybridized carbons (Fsp3) is 0.643. The lowest BCUT2D eigenvalue weighted by Crippen LogP contribution is -2.19. The molecule has 0 radical (unpaired) electrons. The molecule has 1 heterocycles. The minimum atomic E-state index is 0.265. The summed E-state index contributed by atoms with van der Waals surface area (Å²) in [6.45, 7) is 11.1. The van der Waals surface area contributed by atoms with Crippen molar-refractivity contribution < 1.29 is 0 Å². The molecule has 0 aliphatic heterocycles. The number of aromatic nitrogens is 1. The van der Waals surface area contributed by atoms with E-state index in [1.54, 1.807) is 0 Å². The van der Waals surface area contributed by atoms with E-state index in [9.17, 15) is 0 Å². The van der Waals surface area contributed by atoms with E-state index in [4.69, 9.17) is 0 Å². The highest BCUT2D eigenvalue weighted by atomic mass is 14.7. The fourth-order valence-corrected chi connectivity index (χ4v) is 2.16. The average molecular weight is 205 g/mol. The summed E-state index contributed by atoms with van der Waals surface area (Å²) in [5, 5.41) is 0. The molecule has 0 aromatic carbocycles. The van der Waals surface area contributed by atoms with Gasteiger partial charge in [0.1, 0.15) is 0 Å². The van der Waals surface area contributed by atoms with Crippen molar-refractivity contribution in [3.8, 4) is 0 Å². The van der Waals surface area contributed by atoms with Gasteiger partial charge in [-0.15, -0.1) is 0 Å². The van der Waals surface area contributed by atoms with Crippen LogP contribution in [0.1, 0.15) is 57.0 Å². The van der Waals surface area contributed by atoms with Crippen molar-refractivity contribution in [1.82, 2.24) is 4.98 Å². The third-order valence-electron chi connectivity index (χ3n) is 3.11. The number of nitrogens with zero attached hydrogens (tertiary/aromatic N) is 1. The van der Waals surface area contributed by atoms with E-state index < -0.39 is 0 Å². The zero-order valence-electron chi connectivity index (χ0n) is 10.7. The Hall–Kier alpha value is -0.850. The number of hydrogen-bond donors (Lipinski definition) is 0. The number of unbranched alkanes of at least 4 members (excludes halogenated alkanes) is 1. The van der Waals surface area contributed by atoms with Gasteiger partial charge >= 0.3 is 0 Å². The summed E-state index contributed by atoms with van der Waals surface area (Å²) in [5.41, 5.74) is 3.97. The second-order valence-electron chi connectivity index (χ2n) is 5.07. The maximum Gasteiger partial charge on any atom is 0.0413 e. The number of pyridine rings is 1. The molecule has 0 saturated carbocycles. The van der Waals surface area contributed by atoms with Crippen LogP contribution in [0.2, 0.25) is 0 Å². The van der Waals surface area contributed by atoms with Crippen LogP contribution >= 0.6 is 0 Å². The number of rotatable bonds is 4. The molecule has 15 heavy (non-hydrogen) atoms. The summed E-state index contributed by atoms with van der Waals surface area (Å²) in [6, 6.07) is 4.36. The van der Waals surface area contributed by atoms with Crippen molar-refractivity contribution >= 4 is 0 Å². The van der Waals surface area contributed by atoms with Gasteiger partial charge in [0.15, 0.2) is 0 Å². The molecule has 0 amide bonds. The van der Waals surface area contributed by atoms with Gasteiger partial charge in [-0.2, -0.15) is 0 Å². The van der Waals surface area contributed by atoms with Crippen molar-refractivity contribution in [1.29, 1.82) is 0 Å². The van der Waals surface area contributed by atoms with Gasteiger partial charge in [0.25, 0.3) is 0 Å². The molecule has 1 aromatic rings. The summed E-state index contributed by atoms with van der Waals surface area (Å²) < 4.78 is 0. The van der Waals surface area contributed by atoms with Gasteiger partial charge in [0.2, 0.25) is 0 Å². The lowest BCUT2D eigenvalue weighted by molar-refractivity contribution is 0.453. The molecule has 1 aromatic heterocycles. The van der Waals surface area contributed by atoms with Crippen LogP contribution in [-0.2, 0) is 5.41 Å². The largest absolute Gasteiger partial charge is 0.258 e. The van der Waals surface area contributed by atoms with Crippen molar-refractivity contribution in [3.63, 3.8) is 0 Å². The third-order valence-corrected chi connectivity index (χ3v) is 3.11. The Morgan fingerprint density at radius 1 is 1.20 bits per heavy atom.